The van der Waals surface area contributed by atoms with E-state index in [2.05, 4.69) is 22.1 Å². The van der Waals surface area contributed by atoms with Crippen molar-refractivity contribution in [2.75, 3.05) is 19.8 Å². The molecule has 0 fully saturated rings. The van der Waals surface area contributed by atoms with E-state index in [1.165, 1.54) is 5.56 Å². The monoisotopic (exact) mass is 381 g/mol. The predicted octanol–water partition coefficient (Wildman–Crippen LogP) is 3.03. The molecule has 6 heteroatoms. The maximum Gasteiger partial charge on any atom is 0.254 e. The molecule has 6 nitrogen and oxygen atoms in total. The van der Waals surface area contributed by atoms with Gasteiger partial charge >= 0.3 is 0 Å². The second-order valence-electron chi connectivity index (χ2n) is 7.36. The number of rotatable bonds is 5. The van der Waals surface area contributed by atoms with E-state index in [0.717, 1.165) is 59.8 Å². The molecule has 1 N–H and O–H groups in total. The molecule has 0 amide bonds. The molecule has 1 aliphatic heterocycles. The number of benzene rings is 1. The summed E-state index contributed by atoms with van der Waals surface area (Å²) < 4.78 is 11.6. The molecule has 1 atom stereocenters. The Hall–Kier alpha value is -2.63. The van der Waals surface area contributed by atoms with Crippen molar-refractivity contribution in [2.45, 2.75) is 46.5 Å². The van der Waals surface area contributed by atoms with E-state index < -0.39 is 0 Å². The minimum atomic E-state index is -0.00877. The van der Waals surface area contributed by atoms with Crippen LogP contribution in [0.2, 0.25) is 0 Å². The van der Waals surface area contributed by atoms with Gasteiger partial charge in [0.25, 0.3) is 5.56 Å². The molecule has 2 aliphatic rings. The van der Waals surface area contributed by atoms with E-state index in [4.69, 9.17) is 14.5 Å². The molecule has 0 saturated heterocycles. The molecule has 1 aromatic heterocycles. The topological polar surface area (TPSA) is 76.6 Å². The van der Waals surface area contributed by atoms with Crippen molar-refractivity contribution < 1.29 is 9.47 Å². The molecule has 148 valence electrons. The zero-order valence-electron chi connectivity index (χ0n) is 16.8. The van der Waals surface area contributed by atoms with Crippen LogP contribution in [-0.2, 0) is 19.3 Å². The summed E-state index contributed by atoms with van der Waals surface area (Å²) in [6.07, 6.45) is 3.36. The quantitative estimate of drug-likeness (QED) is 0.864. The fraction of sp³-hybridized carbons (Fsp3) is 0.500. The number of aliphatic imine (C=N–C) groups is 1. The highest BCUT2D eigenvalue weighted by molar-refractivity contribution is 6.05. The van der Waals surface area contributed by atoms with E-state index >= 15 is 0 Å². The van der Waals surface area contributed by atoms with Gasteiger partial charge in [-0.2, -0.15) is 0 Å². The first-order chi connectivity index (χ1) is 13.6. The first-order valence-electron chi connectivity index (χ1n) is 10.2. The van der Waals surface area contributed by atoms with E-state index in [-0.39, 0.29) is 11.5 Å². The molecule has 1 unspecified atom stereocenters. The molecule has 28 heavy (non-hydrogen) atoms. The number of aromatic nitrogens is 2. The first kappa shape index (κ1) is 18.7. The third-order valence-corrected chi connectivity index (χ3v) is 5.49. The van der Waals surface area contributed by atoms with Gasteiger partial charge in [0.2, 0.25) is 0 Å². The number of fused-ring (bicyclic) bond motifs is 2. The van der Waals surface area contributed by atoms with Crippen molar-refractivity contribution in [3.63, 3.8) is 0 Å². The van der Waals surface area contributed by atoms with Crippen molar-refractivity contribution in [1.29, 1.82) is 0 Å². The molecule has 0 bridgehead atoms. The van der Waals surface area contributed by atoms with Gasteiger partial charge in [0.1, 0.15) is 5.82 Å². The summed E-state index contributed by atoms with van der Waals surface area (Å²) in [6, 6.07) is 4.18. The summed E-state index contributed by atoms with van der Waals surface area (Å²) in [5.41, 5.74) is 5.23. The normalized spacial score (nSPS) is 18.1. The molecule has 0 radical (unpaired) electrons. The third kappa shape index (κ3) is 3.43. The summed E-state index contributed by atoms with van der Waals surface area (Å²) in [4.78, 5) is 24.7. The molecule has 4 rings (SSSR count). The van der Waals surface area contributed by atoms with Gasteiger partial charge in [-0.05, 0) is 64.2 Å². The van der Waals surface area contributed by atoms with E-state index in [1.807, 2.05) is 20.8 Å². The number of aromatic amines is 1. The van der Waals surface area contributed by atoms with Crippen molar-refractivity contribution in [2.24, 2.45) is 10.9 Å². The van der Waals surface area contributed by atoms with Gasteiger partial charge in [0, 0.05) is 29.3 Å². The molecule has 1 aromatic carbocycles. The van der Waals surface area contributed by atoms with Crippen LogP contribution < -0.4 is 15.0 Å². The average molecular weight is 381 g/mol. The SMILES string of the molecule is CCOc1cc2c(cc1OCC)C(C1CCc3nc(C)[nH]c(=O)c3C1)=NCC2. The molecule has 2 heterocycles. The number of nitrogens with one attached hydrogen (secondary N) is 1. The fourth-order valence-electron chi connectivity index (χ4n) is 4.29. The lowest BCUT2D eigenvalue weighted by Gasteiger charge is -2.29. The number of H-pyrrole nitrogens is 1. The Labute approximate surface area is 165 Å². The van der Waals surface area contributed by atoms with E-state index in [9.17, 15) is 4.79 Å². The number of aryl methyl sites for hydroxylation is 2. The van der Waals surface area contributed by atoms with E-state index in [0.29, 0.717) is 25.5 Å². The lowest BCUT2D eigenvalue weighted by Crippen LogP contribution is -2.32. The van der Waals surface area contributed by atoms with Crippen LogP contribution >= 0.6 is 0 Å². The highest BCUT2D eigenvalue weighted by Gasteiger charge is 2.30. The maximum atomic E-state index is 12.4. The van der Waals surface area contributed by atoms with Gasteiger partial charge in [-0.1, -0.05) is 0 Å². The molecule has 1 aliphatic carbocycles. The zero-order valence-corrected chi connectivity index (χ0v) is 16.8. The summed E-state index contributed by atoms with van der Waals surface area (Å²) >= 11 is 0. The number of hydrogen-bond acceptors (Lipinski definition) is 5. The summed E-state index contributed by atoms with van der Waals surface area (Å²) in [6.45, 7) is 7.75. The van der Waals surface area contributed by atoms with Gasteiger partial charge in [0.05, 0.1) is 18.9 Å². The Balaban J connectivity index is 1.70. The highest BCUT2D eigenvalue weighted by Crippen LogP contribution is 2.36. The van der Waals surface area contributed by atoms with Gasteiger partial charge in [-0.25, -0.2) is 4.98 Å². The summed E-state index contributed by atoms with van der Waals surface area (Å²) in [5, 5.41) is 0. The van der Waals surface area contributed by atoms with Gasteiger partial charge in [-0.3, -0.25) is 9.79 Å². The van der Waals surface area contributed by atoms with Gasteiger partial charge < -0.3 is 14.5 Å². The van der Waals surface area contributed by atoms with Crippen LogP contribution in [-0.4, -0.2) is 35.4 Å². The second-order valence-corrected chi connectivity index (χ2v) is 7.36. The van der Waals surface area contributed by atoms with Crippen LogP contribution in [0.4, 0.5) is 0 Å². The number of nitrogens with zero attached hydrogens (tertiary/aromatic N) is 2. The molecule has 2 aromatic rings. The van der Waals surface area contributed by atoms with Crippen LogP contribution in [0, 0.1) is 12.8 Å². The third-order valence-electron chi connectivity index (χ3n) is 5.49. The molecule has 0 spiro atoms. The van der Waals surface area contributed by atoms with Crippen LogP contribution in [0.15, 0.2) is 21.9 Å². The average Bonchev–Trinajstić information content (AvgIpc) is 2.68. The van der Waals surface area contributed by atoms with Crippen LogP contribution in [0.3, 0.4) is 0 Å². The van der Waals surface area contributed by atoms with Crippen molar-refractivity contribution >= 4 is 5.71 Å². The van der Waals surface area contributed by atoms with Crippen LogP contribution in [0.1, 0.15) is 48.5 Å². The Morgan fingerprint density at radius 3 is 2.64 bits per heavy atom. The lowest BCUT2D eigenvalue weighted by molar-refractivity contribution is 0.287. The Bertz CT molecular complexity index is 978. The Morgan fingerprint density at radius 2 is 1.89 bits per heavy atom. The standard InChI is InChI=1S/C22H27N3O3/c1-4-27-19-11-14-8-9-23-21(16(14)12-20(19)28-5-2)15-6-7-18-17(10-15)22(26)25-13(3)24-18/h11-12,15H,4-10H2,1-3H3,(H,24,25,26). The smallest absolute Gasteiger partial charge is 0.254 e. The Kier molecular flexibility index (Phi) is 5.20. The molecular weight excluding hydrogens is 354 g/mol. The Morgan fingerprint density at radius 1 is 1.14 bits per heavy atom. The number of hydrogen-bond donors (Lipinski definition) is 1. The highest BCUT2D eigenvalue weighted by atomic mass is 16.5. The predicted molar refractivity (Wildman–Crippen MR) is 109 cm³/mol. The minimum Gasteiger partial charge on any atom is -0.490 e. The van der Waals surface area contributed by atoms with Crippen molar-refractivity contribution in [1.82, 2.24) is 9.97 Å². The zero-order chi connectivity index (χ0) is 19.7. The maximum absolute atomic E-state index is 12.4. The van der Waals surface area contributed by atoms with Crippen LogP contribution in [0.25, 0.3) is 0 Å². The largest absolute Gasteiger partial charge is 0.490 e. The van der Waals surface area contributed by atoms with Crippen LogP contribution in [0.5, 0.6) is 11.5 Å². The summed E-state index contributed by atoms with van der Waals surface area (Å²) in [5.74, 6) is 2.48. The summed E-state index contributed by atoms with van der Waals surface area (Å²) in [7, 11) is 0. The van der Waals surface area contributed by atoms with Gasteiger partial charge in [0.15, 0.2) is 11.5 Å². The lowest BCUT2D eigenvalue weighted by atomic mass is 9.79. The fourth-order valence-corrected chi connectivity index (χ4v) is 4.29. The van der Waals surface area contributed by atoms with Crippen molar-refractivity contribution in [3.8, 4) is 11.5 Å². The minimum absolute atomic E-state index is 0.00877. The van der Waals surface area contributed by atoms with E-state index in [1.54, 1.807) is 0 Å². The molecule has 0 saturated carbocycles. The van der Waals surface area contributed by atoms with Crippen molar-refractivity contribution in [3.05, 3.63) is 50.7 Å². The van der Waals surface area contributed by atoms with Gasteiger partial charge in [-0.15, -0.1) is 0 Å². The molecular formula is C22H27N3O3. The second kappa shape index (κ2) is 7.78. The number of ether oxygens (including phenoxy) is 2. The first-order valence-corrected chi connectivity index (χ1v) is 10.2.